The van der Waals surface area contributed by atoms with Crippen LogP contribution in [0.1, 0.15) is 10.4 Å². The van der Waals surface area contributed by atoms with Crippen molar-refractivity contribution in [1.29, 1.82) is 0 Å². The molecule has 90 valence electrons. The average Bonchev–Trinajstić information content (AvgIpc) is 2.36. The van der Waals surface area contributed by atoms with Crippen molar-refractivity contribution in [1.82, 2.24) is 4.90 Å². The zero-order valence-electron chi connectivity index (χ0n) is 9.41. The minimum atomic E-state index is -0.951. The molecule has 5 nitrogen and oxygen atoms in total. The van der Waals surface area contributed by atoms with Gasteiger partial charge >= 0.3 is 6.03 Å². The van der Waals surface area contributed by atoms with E-state index in [0.717, 1.165) is 9.80 Å². The quantitative estimate of drug-likeness (QED) is 0.664. The van der Waals surface area contributed by atoms with Crippen LogP contribution in [0.5, 0.6) is 0 Å². The van der Waals surface area contributed by atoms with Crippen LogP contribution in [0.25, 0.3) is 0 Å². The first-order valence-electron chi connectivity index (χ1n) is 5.31. The van der Waals surface area contributed by atoms with Crippen LogP contribution in [0.4, 0.5) is 4.79 Å². The first kappa shape index (κ1) is 11.2. The third kappa shape index (κ3) is 1.42. The van der Waals surface area contributed by atoms with Crippen molar-refractivity contribution in [2.45, 2.75) is 4.90 Å². The molecule has 2 aliphatic heterocycles. The third-order valence-electron chi connectivity index (χ3n) is 2.95. The molecule has 18 heavy (non-hydrogen) atoms. The van der Waals surface area contributed by atoms with Gasteiger partial charge in [0.25, 0.3) is 0 Å². The van der Waals surface area contributed by atoms with Crippen molar-refractivity contribution in [3.63, 3.8) is 0 Å². The number of amides is 3. The molecule has 2 heterocycles. The van der Waals surface area contributed by atoms with E-state index < -0.39 is 17.9 Å². The summed E-state index contributed by atoms with van der Waals surface area (Å²) in [5.41, 5.74) is 0.516. The first-order chi connectivity index (χ1) is 8.59. The van der Waals surface area contributed by atoms with E-state index in [0.29, 0.717) is 5.56 Å². The number of carbonyl (C=O) groups is 3. The minimum Gasteiger partial charge on any atom is -0.293 e. The lowest BCUT2D eigenvalue weighted by Crippen LogP contribution is -2.48. The van der Waals surface area contributed by atoms with Gasteiger partial charge in [-0.1, -0.05) is 30.0 Å². The van der Waals surface area contributed by atoms with Gasteiger partial charge in [-0.15, -0.1) is 0 Å². The van der Waals surface area contributed by atoms with Crippen molar-refractivity contribution >= 4 is 34.5 Å². The van der Waals surface area contributed by atoms with Gasteiger partial charge in [-0.25, -0.2) is 4.79 Å². The van der Waals surface area contributed by atoms with Crippen molar-refractivity contribution in [3.05, 3.63) is 29.8 Å². The summed E-state index contributed by atoms with van der Waals surface area (Å²) in [6.45, 7) is 0. The number of rotatable bonds is 0. The van der Waals surface area contributed by atoms with E-state index in [-0.39, 0.29) is 10.8 Å². The molecule has 0 spiro atoms. The van der Waals surface area contributed by atoms with E-state index in [1.165, 1.54) is 18.8 Å². The van der Waals surface area contributed by atoms with E-state index in [1.807, 2.05) is 0 Å². The van der Waals surface area contributed by atoms with Gasteiger partial charge in [-0.05, 0) is 6.07 Å². The monoisotopic (exact) mass is 260 g/mol. The summed E-state index contributed by atoms with van der Waals surface area (Å²) < 4.78 is 0. The molecule has 0 radical (unpaired) electrons. The summed E-state index contributed by atoms with van der Waals surface area (Å²) in [7, 11) is 1.34. The number of urea groups is 1. The summed E-state index contributed by atoms with van der Waals surface area (Å²) >= 11 is 1.22. The molecular formula is C12H8N2O3S. The van der Waals surface area contributed by atoms with E-state index in [4.69, 9.17) is 0 Å². The number of imide groups is 1. The smallest absolute Gasteiger partial charge is 0.293 e. The van der Waals surface area contributed by atoms with E-state index in [2.05, 4.69) is 4.99 Å². The zero-order chi connectivity index (χ0) is 12.9. The van der Waals surface area contributed by atoms with Crippen molar-refractivity contribution in [2.75, 3.05) is 7.05 Å². The van der Waals surface area contributed by atoms with Crippen molar-refractivity contribution in [2.24, 2.45) is 10.9 Å². The number of aliphatic imine (C=N–C) groups is 1. The van der Waals surface area contributed by atoms with Crippen LogP contribution in [-0.2, 0) is 4.79 Å². The Morgan fingerprint density at radius 1 is 1.22 bits per heavy atom. The second kappa shape index (κ2) is 3.78. The average molecular weight is 260 g/mol. The maximum atomic E-state index is 12.3. The van der Waals surface area contributed by atoms with Gasteiger partial charge in [0.2, 0.25) is 5.91 Å². The fourth-order valence-electron chi connectivity index (χ4n) is 1.96. The highest BCUT2D eigenvalue weighted by molar-refractivity contribution is 8.14. The van der Waals surface area contributed by atoms with Crippen molar-refractivity contribution < 1.29 is 14.4 Å². The molecule has 3 rings (SSSR count). The highest BCUT2D eigenvalue weighted by Gasteiger charge is 2.44. The number of hydrogen-bond acceptors (Lipinski definition) is 4. The van der Waals surface area contributed by atoms with E-state index in [9.17, 15) is 14.4 Å². The predicted molar refractivity (Wildman–Crippen MR) is 65.7 cm³/mol. The molecule has 0 aromatic heterocycles. The Morgan fingerprint density at radius 3 is 2.72 bits per heavy atom. The molecule has 1 aromatic carbocycles. The second-order valence-corrected chi connectivity index (χ2v) is 5.09. The Labute approximate surface area is 107 Å². The van der Waals surface area contributed by atoms with Crippen LogP contribution in [0.3, 0.4) is 0 Å². The number of ketones is 1. The number of Topliss-reactive ketones (excluding diaryl/α,β-unsaturated/α-hetero) is 1. The maximum Gasteiger partial charge on any atom is 0.350 e. The molecule has 6 heteroatoms. The van der Waals surface area contributed by atoms with Gasteiger partial charge < -0.3 is 0 Å². The van der Waals surface area contributed by atoms with E-state index in [1.54, 1.807) is 24.3 Å². The Bertz CT molecular complexity index is 624. The molecule has 0 saturated heterocycles. The molecule has 0 aliphatic carbocycles. The van der Waals surface area contributed by atoms with Crippen LogP contribution >= 0.6 is 11.8 Å². The highest BCUT2D eigenvalue weighted by atomic mass is 32.2. The molecule has 1 aromatic rings. The molecule has 0 fully saturated rings. The number of carbonyl (C=O) groups excluding carboxylic acids is 3. The van der Waals surface area contributed by atoms with Crippen LogP contribution in [0.2, 0.25) is 0 Å². The fraction of sp³-hybridized carbons (Fsp3) is 0.167. The van der Waals surface area contributed by atoms with Gasteiger partial charge in [0.1, 0.15) is 5.04 Å². The van der Waals surface area contributed by atoms with Gasteiger partial charge in [-0.3, -0.25) is 14.5 Å². The Morgan fingerprint density at radius 2 is 1.94 bits per heavy atom. The second-order valence-electron chi connectivity index (χ2n) is 4.03. The highest BCUT2D eigenvalue weighted by Crippen LogP contribution is 2.37. The maximum absolute atomic E-state index is 12.3. The summed E-state index contributed by atoms with van der Waals surface area (Å²) in [4.78, 5) is 41.1. The summed E-state index contributed by atoms with van der Waals surface area (Å²) in [6, 6.07) is 6.40. The number of fused-ring (bicyclic) bond motifs is 2. The van der Waals surface area contributed by atoms with Crippen LogP contribution < -0.4 is 0 Å². The fourth-order valence-corrected chi connectivity index (χ4v) is 3.06. The van der Waals surface area contributed by atoms with Crippen LogP contribution in [0.15, 0.2) is 34.2 Å². The number of thioether (sulfide) groups is 1. The number of hydrogen-bond donors (Lipinski definition) is 0. The summed E-state index contributed by atoms with van der Waals surface area (Å²) in [5.74, 6) is -1.74. The zero-order valence-corrected chi connectivity index (χ0v) is 10.2. The van der Waals surface area contributed by atoms with Crippen LogP contribution in [-0.4, -0.2) is 34.7 Å². The lowest BCUT2D eigenvalue weighted by molar-refractivity contribution is -0.128. The molecule has 1 unspecified atom stereocenters. The third-order valence-corrected chi connectivity index (χ3v) is 4.06. The number of nitrogens with zero attached hydrogens (tertiary/aromatic N) is 2. The van der Waals surface area contributed by atoms with Gasteiger partial charge in [0, 0.05) is 17.5 Å². The molecule has 0 saturated carbocycles. The van der Waals surface area contributed by atoms with Gasteiger partial charge in [-0.2, -0.15) is 4.99 Å². The summed E-state index contributed by atoms with van der Waals surface area (Å²) in [5, 5.41) is 0.284. The molecule has 1 atom stereocenters. The standard InChI is InChI=1S/C12H8N2O3S/c1-14-11(16)8-9(15)6-4-2-3-5-7(6)18-10(8)13-12(14)17/h2-5,8H,1H3. The Balaban J connectivity index is 2.17. The molecule has 0 N–H and O–H groups in total. The largest absolute Gasteiger partial charge is 0.350 e. The molecular weight excluding hydrogens is 252 g/mol. The molecule has 3 amide bonds. The van der Waals surface area contributed by atoms with Crippen molar-refractivity contribution in [3.8, 4) is 0 Å². The first-order valence-corrected chi connectivity index (χ1v) is 6.12. The van der Waals surface area contributed by atoms with E-state index >= 15 is 0 Å². The molecule has 0 bridgehead atoms. The normalized spacial score (nSPS) is 22.5. The lowest BCUT2D eigenvalue weighted by atomic mass is 9.95. The Kier molecular flexibility index (Phi) is 2.34. The Hall–Kier alpha value is -1.95. The minimum absolute atomic E-state index is 0.284. The SMILES string of the molecule is CN1C(=O)N=C2Sc3ccccc3C(=O)C2C1=O. The number of benzene rings is 1. The lowest BCUT2D eigenvalue weighted by Gasteiger charge is -2.29. The van der Waals surface area contributed by atoms with Gasteiger partial charge in [0.05, 0.1) is 0 Å². The molecule has 2 aliphatic rings. The topological polar surface area (TPSA) is 66.8 Å². The van der Waals surface area contributed by atoms with Gasteiger partial charge in [0.15, 0.2) is 11.7 Å². The van der Waals surface area contributed by atoms with Crippen LogP contribution in [0, 0.1) is 5.92 Å². The predicted octanol–water partition coefficient (Wildman–Crippen LogP) is 1.58. The summed E-state index contributed by atoms with van der Waals surface area (Å²) in [6.07, 6.45) is 0.